The first-order valence-electron chi connectivity index (χ1n) is 7.64. The van der Waals surface area contributed by atoms with Gasteiger partial charge in [0.25, 0.3) is 11.6 Å². The highest BCUT2D eigenvalue weighted by molar-refractivity contribution is 5.93. The van der Waals surface area contributed by atoms with Crippen LogP contribution in [0.4, 0.5) is 11.4 Å². The van der Waals surface area contributed by atoms with E-state index in [4.69, 9.17) is 9.47 Å². The molecule has 0 fully saturated rings. The molecule has 0 aromatic heterocycles. The number of nitrogens with one attached hydrogen (secondary N) is 1. The van der Waals surface area contributed by atoms with Gasteiger partial charge in [0, 0.05) is 12.1 Å². The molecule has 7 nitrogen and oxygen atoms in total. The zero-order valence-corrected chi connectivity index (χ0v) is 14.6. The van der Waals surface area contributed by atoms with Crippen LogP contribution in [0.3, 0.4) is 0 Å². The number of hydrogen-bond acceptors (Lipinski definition) is 5. The molecule has 0 saturated carbocycles. The van der Waals surface area contributed by atoms with Crippen molar-refractivity contribution < 1.29 is 19.2 Å². The number of carbonyl (C=O) groups is 1. The molecule has 25 heavy (non-hydrogen) atoms. The topological polar surface area (TPSA) is 90.7 Å². The molecule has 1 N–H and O–H groups in total. The molecule has 0 heterocycles. The van der Waals surface area contributed by atoms with Crippen LogP contribution in [0.1, 0.15) is 16.7 Å². The molecule has 1 amide bonds. The number of non-ortho nitro benzene ring substituents is 1. The maximum Gasteiger partial charge on any atom is 0.271 e. The number of methoxy groups -OCH3 is 1. The number of benzene rings is 2. The summed E-state index contributed by atoms with van der Waals surface area (Å²) in [5.41, 5.74) is 3.09. The maximum atomic E-state index is 12.2. The van der Waals surface area contributed by atoms with E-state index in [2.05, 4.69) is 5.32 Å². The van der Waals surface area contributed by atoms with Crippen LogP contribution in [-0.4, -0.2) is 24.5 Å². The summed E-state index contributed by atoms with van der Waals surface area (Å²) in [6.07, 6.45) is 0. The Morgan fingerprint density at radius 1 is 1.16 bits per heavy atom. The third-order valence-electron chi connectivity index (χ3n) is 3.62. The van der Waals surface area contributed by atoms with E-state index in [-0.39, 0.29) is 18.0 Å². The molecule has 0 bridgehead atoms. The standard InChI is InChI=1S/C18H20N2O5/c1-11-7-12(2)18(13(3)8-11)25-10-17(21)19-15-9-14(20(22)23)5-6-16(15)24-4/h5-9H,10H2,1-4H3,(H,19,21). The summed E-state index contributed by atoms with van der Waals surface area (Å²) < 4.78 is 10.7. The normalized spacial score (nSPS) is 10.2. The van der Waals surface area contributed by atoms with Gasteiger partial charge in [-0.1, -0.05) is 17.7 Å². The van der Waals surface area contributed by atoms with E-state index in [1.165, 1.54) is 25.3 Å². The Morgan fingerprint density at radius 2 is 1.80 bits per heavy atom. The van der Waals surface area contributed by atoms with Gasteiger partial charge >= 0.3 is 0 Å². The number of amides is 1. The number of nitro benzene ring substituents is 1. The highest BCUT2D eigenvalue weighted by Crippen LogP contribution is 2.29. The predicted octanol–water partition coefficient (Wildman–Crippen LogP) is 3.55. The summed E-state index contributed by atoms with van der Waals surface area (Å²) in [7, 11) is 1.42. The van der Waals surface area contributed by atoms with Crippen LogP contribution >= 0.6 is 0 Å². The summed E-state index contributed by atoms with van der Waals surface area (Å²) in [5, 5.41) is 13.5. The van der Waals surface area contributed by atoms with Crippen LogP contribution in [0.2, 0.25) is 0 Å². The number of rotatable bonds is 6. The Balaban J connectivity index is 2.11. The van der Waals surface area contributed by atoms with Crippen LogP contribution < -0.4 is 14.8 Å². The molecule has 0 unspecified atom stereocenters. The first-order valence-corrected chi connectivity index (χ1v) is 7.64. The van der Waals surface area contributed by atoms with Crippen LogP contribution in [-0.2, 0) is 4.79 Å². The number of ether oxygens (including phenoxy) is 2. The second kappa shape index (κ2) is 7.65. The fraction of sp³-hybridized carbons (Fsp3) is 0.278. The van der Waals surface area contributed by atoms with Gasteiger partial charge in [0.15, 0.2) is 6.61 Å². The first-order chi connectivity index (χ1) is 11.8. The van der Waals surface area contributed by atoms with Crippen molar-refractivity contribution in [2.24, 2.45) is 0 Å². The lowest BCUT2D eigenvalue weighted by molar-refractivity contribution is -0.384. The van der Waals surface area contributed by atoms with Gasteiger partial charge in [0.05, 0.1) is 17.7 Å². The van der Waals surface area contributed by atoms with E-state index in [1.807, 2.05) is 32.9 Å². The molecule has 0 aliphatic heterocycles. The molecule has 2 aromatic carbocycles. The summed E-state index contributed by atoms with van der Waals surface area (Å²) >= 11 is 0. The van der Waals surface area contributed by atoms with E-state index in [1.54, 1.807) is 0 Å². The largest absolute Gasteiger partial charge is 0.495 e. The minimum atomic E-state index is -0.537. The van der Waals surface area contributed by atoms with Gasteiger partial charge in [-0.2, -0.15) is 0 Å². The third kappa shape index (κ3) is 4.47. The Bertz CT molecular complexity index is 794. The molecule has 2 rings (SSSR count). The lowest BCUT2D eigenvalue weighted by Crippen LogP contribution is -2.21. The maximum absolute atomic E-state index is 12.2. The van der Waals surface area contributed by atoms with Crippen LogP contribution in [0.15, 0.2) is 30.3 Å². The van der Waals surface area contributed by atoms with Crippen molar-refractivity contribution in [3.8, 4) is 11.5 Å². The summed E-state index contributed by atoms with van der Waals surface area (Å²) in [6, 6.07) is 7.94. The first kappa shape index (κ1) is 18.3. The average Bonchev–Trinajstić information content (AvgIpc) is 2.53. The van der Waals surface area contributed by atoms with Crippen LogP contribution in [0.25, 0.3) is 0 Å². The van der Waals surface area contributed by atoms with E-state index in [9.17, 15) is 14.9 Å². The minimum absolute atomic E-state index is 0.137. The predicted molar refractivity (Wildman–Crippen MR) is 94.4 cm³/mol. The van der Waals surface area contributed by atoms with Crippen molar-refractivity contribution in [1.82, 2.24) is 0 Å². The number of hydrogen-bond donors (Lipinski definition) is 1. The molecule has 7 heteroatoms. The molecular formula is C18H20N2O5. The van der Waals surface area contributed by atoms with Gasteiger partial charge in [-0.3, -0.25) is 14.9 Å². The SMILES string of the molecule is COc1ccc([N+](=O)[O-])cc1NC(=O)COc1c(C)cc(C)cc1C. The van der Waals surface area contributed by atoms with Gasteiger partial charge in [0.1, 0.15) is 11.5 Å². The molecule has 0 aliphatic rings. The molecule has 0 atom stereocenters. The Morgan fingerprint density at radius 3 is 2.36 bits per heavy atom. The molecule has 132 valence electrons. The fourth-order valence-corrected chi connectivity index (χ4v) is 2.63. The van der Waals surface area contributed by atoms with Gasteiger partial charge in [0.2, 0.25) is 0 Å². The van der Waals surface area contributed by atoms with Crippen molar-refractivity contribution >= 4 is 17.3 Å². The van der Waals surface area contributed by atoms with E-state index >= 15 is 0 Å². The number of aryl methyl sites for hydroxylation is 3. The molecule has 0 saturated heterocycles. The average molecular weight is 344 g/mol. The fourth-order valence-electron chi connectivity index (χ4n) is 2.63. The summed E-state index contributed by atoms with van der Waals surface area (Å²) in [6.45, 7) is 5.61. The Kier molecular flexibility index (Phi) is 5.59. The number of nitro groups is 1. The second-order valence-electron chi connectivity index (χ2n) is 5.71. The summed E-state index contributed by atoms with van der Waals surface area (Å²) in [4.78, 5) is 22.5. The zero-order chi connectivity index (χ0) is 18.6. The van der Waals surface area contributed by atoms with E-state index in [0.717, 1.165) is 16.7 Å². The van der Waals surface area contributed by atoms with Gasteiger partial charge < -0.3 is 14.8 Å². The molecule has 0 spiro atoms. The van der Waals surface area contributed by atoms with Crippen LogP contribution in [0.5, 0.6) is 11.5 Å². The van der Waals surface area contributed by atoms with Gasteiger partial charge in [-0.05, 0) is 38.0 Å². The highest BCUT2D eigenvalue weighted by Gasteiger charge is 2.15. The van der Waals surface area contributed by atoms with Crippen molar-refractivity contribution in [1.29, 1.82) is 0 Å². The second-order valence-corrected chi connectivity index (χ2v) is 5.71. The van der Waals surface area contributed by atoms with Gasteiger partial charge in [-0.15, -0.1) is 0 Å². The number of nitrogens with zero attached hydrogens (tertiary/aromatic N) is 1. The quantitative estimate of drug-likeness (QED) is 0.639. The Hall–Kier alpha value is -3.09. The zero-order valence-electron chi connectivity index (χ0n) is 14.6. The monoisotopic (exact) mass is 344 g/mol. The molecular weight excluding hydrogens is 324 g/mol. The van der Waals surface area contributed by atoms with Crippen molar-refractivity contribution in [2.75, 3.05) is 19.0 Å². The lowest BCUT2D eigenvalue weighted by Gasteiger charge is -2.14. The molecule has 2 aromatic rings. The highest BCUT2D eigenvalue weighted by atomic mass is 16.6. The van der Waals surface area contributed by atoms with Crippen molar-refractivity contribution in [3.63, 3.8) is 0 Å². The summed E-state index contributed by atoms with van der Waals surface area (Å²) in [5.74, 6) is 0.562. The molecule has 0 radical (unpaired) electrons. The molecule has 0 aliphatic carbocycles. The number of carbonyl (C=O) groups excluding carboxylic acids is 1. The Labute approximate surface area is 145 Å². The smallest absolute Gasteiger partial charge is 0.271 e. The van der Waals surface area contributed by atoms with Gasteiger partial charge in [-0.25, -0.2) is 0 Å². The van der Waals surface area contributed by atoms with E-state index in [0.29, 0.717) is 11.5 Å². The number of anilines is 1. The minimum Gasteiger partial charge on any atom is -0.495 e. The van der Waals surface area contributed by atoms with Crippen molar-refractivity contribution in [2.45, 2.75) is 20.8 Å². The van der Waals surface area contributed by atoms with E-state index < -0.39 is 10.8 Å². The van der Waals surface area contributed by atoms with Crippen LogP contribution in [0, 0.1) is 30.9 Å². The van der Waals surface area contributed by atoms with Crippen molar-refractivity contribution in [3.05, 3.63) is 57.1 Å². The lowest BCUT2D eigenvalue weighted by atomic mass is 10.1. The third-order valence-corrected chi connectivity index (χ3v) is 3.62.